The highest BCUT2D eigenvalue weighted by Gasteiger charge is 2.43. The molecule has 2 nitrogen and oxygen atoms in total. The van der Waals surface area contributed by atoms with Crippen molar-refractivity contribution in [3.05, 3.63) is 204 Å². The van der Waals surface area contributed by atoms with Crippen LogP contribution in [0.2, 0.25) is 0 Å². The summed E-state index contributed by atoms with van der Waals surface area (Å²) in [5, 5.41) is 7.65. The minimum Gasteiger partial charge on any atom is -0.310 e. The minimum absolute atomic E-state index is 0.114. The maximum atomic E-state index is 2.61. The Hall–Kier alpha value is -6.90. The fourth-order valence-corrected chi connectivity index (χ4v) is 10.4. The Morgan fingerprint density at radius 1 is 0.345 bits per heavy atom. The van der Waals surface area contributed by atoms with Gasteiger partial charge in [-0.05, 0) is 115 Å². The molecule has 0 unspecified atom stereocenters. The van der Waals surface area contributed by atoms with Crippen LogP contribution in [0.3, 0.4) is 0 Å². The third kappa shape index (κ3) is 4.60. The van der Waals surface area contributed by atoms with Crippen LogP contribution in [-0.2, 0) is 10.8 Å². The molecule has 0 radical (unpaired) electrons. The zero-order chi connectivity index (χ0) is 38.9. The summed E-state index contributed by atoms with van der Waals surface area (Å²) in [7, 11) is 0. The van der Waals surface area contributed by atoms with E-state index < -0.39 is 0 Å². The van der Waals surface area contributed by atoms with E-state index in [0.717, 1.165) is 17.1 Å². The molecule has 2 heteroatoms. The molecule has 1 aromatic heterocycles. The molecule has 3 heterocycles. The van der Waals surface area contributed by atoms with Crippen LogP contribution >= 0.6 is 0 Å². The molecule has 9 aromatic carbocycles. The van der Waals surface area contributed by atoms with Crippen molar-refractivity contribution >= 4 is 60.4 Å². The summed E-state index contributed by atoms with van der Waals surface area (Å²) in [5.41, 5.74) is 17.5. The summed E-state index contributed by atoms with van der Waals surface area (Å²) in [6, 6.07) is 67.9. The van der Waals surface area contributed by atoms with E-state index in [4.69, 9.17) is 0 Å². The SMILES string of the molecule is CC1(C)c2cccc3c2-n2c4c1cccc4c1cc(N(c4ccc(-c5ccc6ccccc6c5)cc4)c4ccc(-c5ccc6ccccc6c5)cc4)cc(c12)C3(C)C. The molecular formula is C56H42N2. The maximum Gasteiger partial charge on any atom is 0.0583 e. The lowest BCUT2D eigenvalue weighted by molar-refractivity contribution is 0.593. The second kappa shape index (κ2) is 11.8. The van der Waals surface area contributed by atoms with Crippen molar-refractivity contribution in [2.45, 2.75) is 38.5 Å². The van der Waals surface area contributed by atoms with Gasteiger partial charge in [0.05, 0.1) is 16.7 Å². The van der Waals surface area contributed by atoms with Crippen molar-refractivity contribution in [1.82, 2.24) is 4.57 Å². The number of anilines is 3. The van der Waals surface area contributed by atoms with Crippen LogP contribution in [-0.4, -0.2) is 4.57 Å². The lowest BCUT2D eigenvalue weighted by Crippen LogP contribution is -2.33. The van der Waals surface area contributed by atoms with Crippen LogP contribution in [0, 0.1) is 0 Å². The van der Waals surface area contributed by atoms with Crippen LogP contribution in [0.1, 0.15) is 49.9 Å². The molecule has 12 rings (SSSR count). The largest absolute Gasteiger partial charge is 0.310 e. The zero-order valence-corrected chi connectivity index (χ0v) is 33.2. The fourth-order valence-electron chi connectivity index (χ4n) is 10.4. The first kappa shape index (κ1) is 33.3. The Morgan fingerprint density at radius 3 is 1.38 bits per heavy atom. The van der Waals surface area contributed by atoms with Gasteiger partial charge in [-0.15, -0.1) is 0 Å². The van der Waals surface area contributed by atoms with Gasteiger partial charge in [-0.25, -0.2) is 0 Å². The monoisotopic (exact) mass is 742 g/mol. The number of fused-ring (bicyclic) bond motifs is 3. The smallest absolute Gasteiger partial charge is 0.0583 e. The summed E-state index contributed by atoms with van der Waals surface area (Å²) < 4.78 is 2.61. The first-order valence-corrected chi connectivity index (χ1v) is 20.5. The molecule has 0 aliphatic carbocycles. The van der Waals surface area contributed by atoms with E-state index in [1.54, 1.807) is 0 Å². The molecule has 0 saturated heterocycles. The highest BCUT2D eigenvalue weighted by Crippen LogP contribution is 2.56. The van der Waals surface area contributed by atoms with Crippen molar-refractivity contribution in [1.29, 1.82) is 0 Å². The van der Waals surface area contributed by atoms with Gasteiger partial charge in [-0.3, -0.25) is 0 Å². The van der Waals surface area contributed by atoms with E-state index in [2.05, 4.69) is 219 Å². The number of nitrogens with zero attached hydrogens (tertiary/aromatic N) is 2. The molecule has 0 bridgehead atoms. The van der Waals surface area contributed by atoms with E-state index in [1.807, 2.05) is 0 Å². The van der Waals surface area contributed by atoms with Crippen molar-refractivity contribution in [3.63, 3.8) is 0 Å². The Labute approximate surface area is 339 Å². The fraction of sp³-hybridized carbons (Fsp3) is 0.107. The number of rotatable bonds is 5. The Balaban J connectivity index is 1.07. The van der Waals surface area contributed by atoms with E-state index in [0.29, 0.717) is 0 Å². The number of aromatic nitrogens is 1. The van der Waals surface area contributed by atoms with Gasteiger partial charge in [-0.2, -0.15) is 0 Å². The van der Waals surface area contributed by atoms with Crippen molar-refractivity contribution < 1.29 is 0 Å². The Morgan fingerprint density at radius 2 is 0.810 bits per heavy atom. The normalized spacial score (nSPS) is 14.5. The predicted octanol–water partition coefficient (Wildman–Crippen LogP) is 15.2. The highest BCUT2D eigenvalue weighted by molar-refractivity contribution is 6.15. The maximum absolute atomic E-state index is 2.61. The number of para-hydroxylation sites is 2. The standard InChI is InChI=1S/C56H42N2/c1-55(2)48-16-9-15-46-47-33-45(34-51-53(47)58(52(46)48)54-49(55)17-10-18-50(54)56(51,3)4)57(43-27-23-37(24-28-43)41-21-19-35-11-5-7-13-39(35)31-41)44-29-25-38(26-30-44)42-22-20-36-12-6-8-14-40(36)32-42/h5-34H,1-4H3. The molecule has 0 saturated carbocycles. The number of benzene rings is 9. The van der Waals surface area contributed by atoms with E-state index in [-0.39, 0.29) is 10.8 Å². The molecule has 276 valence electrons. The number of hydrogen-bond acceptors (Lipinski definition) is 1. The summed E-state index contributed by atoms with van der Waals surface area (Å²) in [4.78, 5) is 2.46. The van der Waals surface area contributed by atoms with Gasteiger partial charge >= 0.3 is 0 Å². The van der Waals surface area contributed by atoms with Gasteiger partial charge in [0.25, 0.3) is 0 Å². The quantitative estimate of drug-likeness (QED) is 0.170. The van der Waals surface area contributed by atoms with Gasteiger partial charge < -0.3 is 9.47 Å². The van der Waals surface area contributed by atoms with E-state index in [9.17, 15) is 0 Å². The van der Waals surface area contributed by atoms with Crippen LogP contribution in [0.5, 0.6) is 0 Å². The molecule has 0 amide bonds. The summed E-state index contributed by atoms with van der Waals surface area (Å²) in [5.74, 6) is 0. The molecule has 0 spiro atoms. The van der Waals surface area contributed by atoms with Crippen LogP contribution in [0.15, 0.2) is 182 Å². The first-order valence-electron chi connectivity index (χ1n) is 20.5. The van der Waals surface area contributed by atoms with Gasteiger partial charge in [-0.1, -0.05) is 161 Å². The van der Waals surface area contributed by atoms with Crippen LogP contribution in [0.25, 0.3) is 71.3 Å². The third-order valence-electron chi connectivity index (χ3n) is 13.5. The summed E-state index contributed by atoms with van der Waals surface area (Å²) in [6.45, 7) is 9.65. The van der Waals surface area contributed by atoms with E-state index in [1.165, 1.54) is 93.5 Å². The van der Waals surface area contributed by atoms with Gasteiger partial charge in [0.2, 0.25) is 0 Å². The second-order valence-corrected chi connectivity index (χ2v) is 17.4. The average Bonchev–Trinajstić information content (AvgIpc) is 3.60. The van der Waals surface area contributed by atoms with Crippen LogP contribution in [0.4, 0.5) is 17.1 Å². The zero-order valence-electron chi connectivity index (χ0n) is 33.2. The van der Waals surface area contributed by atoms with Crippen molar-refractivity contribution in [3.8, 4) is 27.9 Å². The van der Waals surface area contributed by atoms with Gasteiger partial charge in [0.1, 0.15) is 0 Å². The lowest BCUT2D eigenvalue weighted by Gasteiger charge is -2.42. The van der Waals surface area contributed by atoms with Crippen LogP contribution < -0.4 is 4.90 Å². The first-order chi connectivity index (χ1) is 28.3. The van der Waals surface area contributed by atoms with E-state index >= 15 is 0 Å². The molecule has 58 heavy (non-hydrogen) atoms. The third-order valence-corrected chi connectivity index (χ3v) is 13.5. The molecule has 0 N–H and O–H groups in total. The molecular weight excluding hydrogens is 701 g/mol. The highest BCUT2D eigenvalue weighted by atomic mass is 15.1. The summed E-state index contributed by atoms with van der Waals surface area (Å²) in [6.07, 6.45) is 0. The number of hydrogen-bond donors (Lipinski definition) is 0. The molecule has 10 aromatic rings. The Kier molecular flexibility index (Phi) is 6.78. The molecule has 2 aliphatic heterocycles. The predicted molar refractivity (Wildman–Crippen MR) is 246 cm³/mol. The van der Waals surface area contributed by atoms with Gasteiger partial charge in [0.15, 0.2) is 0 Å². The second-order valence-electron chi connectivity index (χ2n) is 17.4. The Bertz CT molecular complexity index is 3200. The lowest BCUT2D eigenvalue weighted by atomic mass is 9.68. The molecule has 0 atom stereocenters. The molecule has 2 aliphatic rings. The topological polar surface area (TPSA) is 8.17 Å². The molecule has 0 fully saturated rings. The van der Waals surface area contributed by atoms with Crippen molar-refractivity contribution in [2.24, 2.45) is 0 Å². The van der Waals surface area contributed by atoms with Crippen molar-refractivity contribution in [2.75, 3.05) is 4.90 Å². The summed E-state index contributed by atoms with van der Waals surface area (Å²) >= 11 is 0. The average molecular weight is 743 g/mol. The van der Waals surface area contributed by atoms with Gasteiger partial charge in [0, 0.05) is 38.7 Å². The minimum atomic E-state index is -0.219.